The summed E-state index contributed by atoms with van der Waals surface area (Å²) in [6, 6.07) is 10.2. The molecule has 1 N–H and O–H groups in total. The molecule has 2 rings (SSSR count). The lowest BCUT2D eigenvalue weighted by Crippen LogP contribution is -2.13. The van der Waals surface area contributed by atoms with Crippen molar-refractivity contribution in [3.63, 3.8) is 0 Å². The van der Waals surface area contributed by atoms with E-state index in [2.05, 4.69) is 4.72 Å². The summed E-state index contributed by atoms with van der Waals surface area (Å²) in [6.07, 6.45) is 0. The first-order chi connectivity index (χ1) is 9.79. The topological polar surface area (TPSA) is 63.2 Å². The predicted octanol–water partition coefficient (Wildman–Crippen LogP) is 4.00. The van der Waals surface area contributed by atoms with Gasteiger partial charge in [0.25, 0.3) is 10.0 Å². The summed E-state index contributed by atoms with van der Waals surface area (Å²) in [5.41, 5.74) is 0.493. The fourth-order valence-electron chi connectivity index (χ4n) is 1.66. The van der Waals surface area contributed by atoms with Crippen LogP contribution in [0.5, 0.6) is 0 Å². The molecule has 2 aromatic rings. The van der Waals surface area contributed by atoms with Crippen LogP contribution in [0.1, 0.15) is 17.3 Å². The highest BCUT2D eigenvalue weighted by molar-refractivity contribution is 7.92. The molecule has 0 bridgehead atoms. The normalized spacial score (nSPS) is 11.2. The Hall–Kier alpha value is -1.56. The van der Waals surface area contributed by atoms with E-state index < -0.39 is 10.0 Å². The summed E-state index contributed by atoms with van der Waals surface area (Å²) in [5, 5.41) is 0.584. The summed E-state index contributed by atoms with van der Waals surface area (Å²) in [6.45, 7) is 1.37. The van der Waals surface area contributed by atoms with E-state index in [4.69, 9.17) is 23.2 Å². The van der Waals surface area contributed by atoms with Gasteiger partial charge in [0.1, 0.15) is 0 Å². The van der Waals surface area contributed by atoms with E-state index in [-0.39, 0.29) is 21.4 Å². The molecule has 0 amide bonds. The monoisotopic (exact) mass is 343 g/mol. The van der Waals surface area contributed by atoms with E-state index in [1.807, 2.05) is 0 Å². The molecule has 2 aromatic carbocycles. The Morgan fingerprint density at radius 3 is 2.48 bits per heavy atom. The van der Waals surface area contributed by atoms with Crippen LogP contribution >= 0.6 is 23.2 Å². The average Bonchev–Trinajstić information content (AvgIpc) is 2.43. The second-order valence-corrected chi connectivity index (χ2v) is 6.84. The minimum absolute atomic E-state index is 0.0220. The van der Waals surface area contributed by atoms with E-state index in [0.29, 0.717) is 10.6 Å². The quantitative estimate of drug-likeness (QED) is 0.853. The van der Waals surface area contributed by atoms with Crippen LogP contribution in [0.15, 0.2) is 47.4 Å². The Labute approximate surface area is 132 Å². The van der Waals surface area contributed by atoms with Gasteiger partial charge >= 0.3 is 0 Å². The second kappa shape index (κ2) is 6.05. The number of Topliss-reactive ketones (excluding diaryl/α,β-unsaturated/α-hetero) is 1. The molecule has 0 radical (unpaired) electrons. The van der Waals surface area contributed by atoms with Crippen molar-refractivity contribution in [3.8, 4) is 0 Å². The van der Waals surface area contributed by atoms with Gasteiger partial charge in [0.15, 0.2) is 5.78 Å². The molecule has 0 aliphatic heterocycles. The maximum Gasteiger partial charge on any atom is 0.261 e. The number of benzene rings is 2. The number of sulfonamides is 1. The van der Waals surface area contributed by atoms with Gasteiger partial charge in [0, 0.05) is 10.6 Å². The van der Waals surface area contributed by atoms with Crippen molar-refractivity contribution in [1.29, 1.82) is 0 Å². The number of hydrogen-bond donors (Lipinski definition) is 1. The zero-order valence-electron chi connectivity index (χ0n) is 10.9. The van der Waals surface area contributed by atoms with E-state index in [1.54, 1.807) is 12.1 Å². The Kier molecular flexibility index (Phi) is 4.56. The van der Waals surface area contributed by atoms with Crippen LogP contribution < -0.4 is 4.72 Å². The maximum absolute atomic E-state index is 12.3. The minimum atomic E-state index is -3.85. The summed E-state index contributed by atoms with van der Waals surface area (Å²) >= 11 is 11.8. The summed E-state index contributed by atoms with van der Waals surface area (Å²) in [4.78, 5) is 11.3. The molecule has 0 unspecified atom stereocenters. The summed E-state index contributed by atoms with van der Waals surface area (Å²) in [5.74, 6) is -0.215. The van der Waals surface area contributed by atoms with Gasteiger partial charge in [-0.3, -0.25) is 9.52 Å². The molecule has 0 aliphatic rings. The van der Waals surface area contributed by atoms with Crippen molar-refractivity contribution in [2.45, 2.75) is 11.8 Å². The third-order valence-electron chi connectivity index (χ3n) is 2.72. The Morgan fingerprint density at radius 2 is 1.81 bits per heavy atom. The Bertz CT molecular complexity index is 804. The number of ketones is 1. The molecule has 0 spiro atoms. The van der Waals surface area contributed by atoms with Gasteiger partial charge in [-0.15, -0.1) is 0 Å². The van der Waals surface area contributed by atoms with E-state index in [9.17, 15) is 13.2 Å². The van der Waals surface area contributed by atoms with Gasteiger partial charge in [0.05, 0.1) is 15.6 Å². The zero-order valence-corrected chi connectivity index (χ0v) is 13.3. The van der Waals surface area contributed by atoms with Crippen LogP contribution in [0.3, 0.4) is 0 Å². The molecule has 4 nitrogen and oxygen atoms in total. The maximum atomic E-state index is 12.3. The number of anilines is 1. The summed E-state index contributed by atoms with van der Waals surface area (Å²) < 4.78 is 27.0. The van der Waals surface area contributed by atoms with Crippen LogP contribution in [0.4, 0.5) is 5.69 Å². The van der Waals surface area contributed by atoms with Gasteiger partial charge in [-0.1, -0.05) is 35.3 Å². The lowest BCUT2D eigenvalue weighted by molar-refractivity contribution is 0.101. The van der Waals surface area contributed by atoms with Crippen molar-refractivity contribution >= 4 is 44.7 Å². The van der Waals surface area contributed by atoms with E-state index in [1.165, 1.54) is 37.3 Å². The average molecular weight is 344 g/mol. The minimum Gasteiger partial charge on any atom is -0.295 e. The molecule has 0 atom stereocenters. The van der Waals surface area contributed by atoms with Gasteiger partial charge in [-0.2, -0.15) is 0 Å². The Morgan fingerprint density at radius 1 is 1.10 bits per heavy atom. The first-order valence-corrected chi connectivity index (χ1v) is 8.12. The third-order valence-corrected chi connectivity index (χ3v) is 4.65. The highest BCUT2D eigenvalue weighted by Gasteiger charge is 2.17. The lowest BCUT2D eigenvalue weighted by atomic mass is 10.2. The highest BCUT2D eigenvalue weighted by atomic mass is 35.5. The first kappa shape index (κ1) is 15.8. The van der Waals surface area contributed by atoms with Gasteiger partial charge in [-0.25, -0.2) is 8.42 Å². The van der Waals surface area contributed by atoms with Gasteiger partial charge in [0.2, 0.25) is 0 Å². The smallest absolute Gasteiger partial charge is 0.261 e. The molecule has 0 saturated heterocycles. The fourth-order valence-corrected chi connectivity index (χ4v) is 3.17. The zero-order chi connectivity index (χ0) is 15.6. The van der Waals surface area contributed by atoms with Crippen molar-refractivity contribution in [3.05, 3.63) is 58.1 Å². The standard InChI is InChI=1S/C14H11Cl2NO3S/c1-9(18)10-3-2-4-12(7-10)21(19,20)17-14-8-11(15)5-6-13(14)16/h2-8,17H,1H3. The number of carbonyl (C=O) groups excluding carboxylic acids is 1. The SMILES string of the molecule is CC(=O)c1cccc(S(=O)(=O)Nc2cc(Cl)ccc2Cl)c1. The van der Waals surface area contributed by atoms with Crippen molar-refractivity contribution in [2.75, 3.05) is 4.72 Å². The molecule has 0 aliphatic carbocycles. The summed E-state index contributed by atoms with van der Waals surface area (Å²) in [7, 11) is -3.85. The number of carbonyl (C=O) groups is 1. The van der Waals surface area contributed by atoms with Crippen molar-refractivity contribution in [1.82, 2.24) is 0 Å². The lowest BCUT2D eigenvalue weighted by Gasteiger charge is -2.10. The molecular weight excluding hydrogens is 333 g/mol. The van der Waals surface area contributed by atoms with Crippen LogP contribution in [0.2, 0.25) is 10.0 Å². The molecule has 0 aromatic heterocycles. The van der Waals surface area contributed by atoms with E-state index in [0.717, 1.165) is 0 Å². The number of hydrogen-bond acceptors (Lipinski definition) is 3. The van der Waals surface area contributed by atoms with Gasteiger partial charge in [-0.05, 0) is 37.3 Å². The number of halogens is 2. The molecule has 0 heterocycles. The molecule has 7 heteroatoms. The van der Waals surface area contributed by atoms with Crippen molar-refractivity contribution < 1.29 is 13.2 Å². The van der Waals surface area contributed by atoms with E-state index >= 15 is 0 Å². The molecule has 110 valence electrons. The van der Waals surface area contributed by atoms with Crippen LogP contribution in [0.25, 0.3) is 0 Å². The van der Waals surface area contributed by atoms with Crippen LogP contribution in [0, 0.1) is 0 Å². The number of rotatable bonds is 4. The number of nitrogens with one attached hydrogen (secondary N) is 1. The molecule has 21 heavy (non-hydrogen) atoms. The second-order valence-electron chi connectivity index (χ2n) is 4.31. The molecule has 0 saturated carbocycles. The van der Waals surface area contributed by atoms with Crippen LogP contribution in [-0.4, -0.2) is 14.2 Å². The fraction of sp³-hybridized carbons (Fsp3) is 0.0714. The molecular formula is C14H11Cl2NO3S. The van der Waals surface area contributed by atoms with Gasteiger partial charge < -0.3 is 0 Å². The first-order valence-electron chi connectivity index (χ1n) is 5.88. The Balaban J connectivity index is 2.41. The predicted molar refractivity (Wildman–Crippen MR) is 83.7 cm³/mol. The largest absolute Gasteiger partial charge is 0.295 e. The molecule has 0 fully saturated rings. The van der Waals surface area contributed by atoms with Crippen LogP contribution in [-0.2, 0) is 10.0 Å². The third kappa shape index (κ3) is 3.75. The highest BCUT2D eigenvalue weighted by Crippen LogP contribution is 2.27. The van der Waals surface area contributed by atoms with Crippen molar-refractivity contribution in [2.24, 2.45) is 0 Å².